The van der Waals surface area contributed by atoms with Crippen molar-refractivity contribution in [1.29, 1.82) is 0 Å². The third kappa shape index (κ3) is 5.51. The predicted octanol–water partition coefficient (Wildman–Crippen LogP) is 5.03. The fourth-order valence-corrected chi connectivity index (χ4v) is 4.74. The SMILES string of the molecule is O=C(CSc1nc(-c2ccc(Cl)cc2)cs1)Nc1ccc(N2CCOCC2)cc1. The summed E-state index contributed by atoms with van der Waals surface area (Å²) in [5, 5.41) is 5.64. The van der Waals surface area contributed by atoms with Gasteiger partial charge < -0.3 is 15.0 Å². The van der Waals surface area contributed by atoms with E-state index in [1.807, 2.05) is 53.9 Å². The molecule has 150 valence electrons. The molecule has 4 rings (SSSR count). The van der Waals surface area contributed by atoms with Gasteiger partial charge in [-0.3, -0.25) is 4.79 Å². The fourth-order valence-electron chi connectivity index (χ4n) is 2.98. The molecular formula is C21H20ClN3O2S2. The molecule has 2 aromatic carbocycles. The van der Waals surface area contributed by atoms with Crippen molar-refractivity contribution >= 4 is 52.0 Å². The molecule has 0 spiro atoms. The maximum atomic E-state index is 12.3. The Kier molecular flexibility index (Phi) is 6.71. The monoisotopic (exact) mass is 445 g/mol. The molecule has 0 bridgehead atoms. The summed E-state index contributed by atoms with van der Waals surface area (Å²) >= 11 is 8.91. The minimum atomic E-state index is -0.0441. The highest BCUT2D eigenvalue weighted by Crippen LogP contribution is 2.29. The molecule has 1 aromatic heterocycles. The number of nitrogens with zero attached hydrogens (tertiary/aromatic N) is 2. The van der Waals surface area contributed by atoms with Crippen LogP contribution in [0.25, 0.3) is 11.3 Å². The number of halogens is 1. The van der Waals surface area contributed by atoms with Crippen molar-refractivity contribution in [2.24, 2.45) is 0 Å². The summed E-state index contributed by atoms with van der Waals surface area (Å²) in [7, 11) is 0. The molecule has 1 aliphatic heterocycles. The van der Waals surface area contributed by atoms with Gasteiger partial charge in [0, 0.05) is 40.4 Å². The van der Waals surface area contributed by atoms with Crippen molar-refractivity contribution in [3.05, 3.63) is 58.9 Å². The van der Waals surface area contributed by atoms with E-state index in [1.165, 1.54) is 23.1 Å². The summed E-state index contributed by atoms with van der Waals surface area (Å²) in [5.74, 6) is 0.274. The van der Waals surface area contributed by atoms with Crippen molar-refractivity contribution in [3.63, 3.8) is 0 Å². The van der Waals surface area contributed by atoms with Crippen LogP contribution in [-0.4, -0.2) is 42.9 Å². The maximum absolute atomic E-state index is 12.3. The number of thioether (sulfide) groups is 1. The highest BCUT2D eigenvalue weighted by Gasteiger charge is 2.12. The molecule has 0 radical (unpaired) electrons. The Morgan fingerprint density at radius 1 is 1.14 bits per heavy atom. The van der Waals surface area contributed by atoms with Crippen LogP contribution in [0.2, 0.25) is 5.02 Å². The van der Waals surface area contributed by atoms with E-state index in [1.54, 1.807) is 0 Å². The van der Waals surface area contributed by atoms with Gasteiger partial charge in [-0.15, -0.1) is 11.3 Å². The van der Waals surface area contributed by atoms with Crippen LogP contribution in [0.5, 0.6) is 0 Å². The van der Waals surface area contributed by atoms with E-state index in [9.17, 15) is 4.79 Å². The standard InChI is InChI=1S/C21H20ClN3O2S2/c22-16-3-1-15(2-4-16)19-13-28-21(24-19)29-14-20(26)23-17-5-7-18(8-6-17)25-9-11-27-12-10-25/h1-8,13H,9-12,14H2,(H,23,26). The Labute approximate surface area is 183 Å². The largest absolute Gasteiger partial charge is 0.378 e. The zero-order valence-electron chi connectivity index (χ0n) is 15.6. The molecule has 0 aliphatic carbocycles. The first-order valence-corrected chi connectivity index (χ1v) is 11.5. The number of thiazole rings is 1. The number of nitrogens with one attached hydrogen (secondary N) is 1. The maximum Gasteiger partial charge on any atom is 0.234 e. The molecular weight excluding hydrogens is 426 g/mol. The van der Waals surface area contributed by atoms with Crippen molar-refractivity contribution in [2.45, 2.75) is 4.34 Å². The Bertz CT molecular complexity index is 955. The van der Waals surface area contributed by atoms with Crippen LogP contribution in [0, 0.1) is 0 Å². The van der Waals surface area contributed by atoms with Crippen LogP contribution in [0.15, 0.2) is 58.3 Å². The molecule has 5 nitrogen and oxygen atoms in total. The average molecular weight is 446 g/mol. The lowest BCUT2D eigenvalue weighted by Gasteiger charge is -2.28. The van der Waals surface area contributed by atoms with E-state index in [4.69, 9.17) is 16.3 Å². The highest BCUT2D eigenvalue weighted by molar-refractivity contribution is 8.01. The molecule has 0 unspecified atom stereocenters. The van der Waals surface area contributed by atoms with E-state index < -0.39 is 0 Å². The Morgan fingerprint density at radius 3 is 2.59 bits per heavy atom. The number of rotatable bonds is 6. The smallest absolute Gasteiger partial charge is 0.234 e. The quantitative estimate of drug-likeness (QED) is 0.539. The Hall–Kier alpha value is -2.06. The van der Waals surface area contributed by atoms with Gasteiger partial charge in [-0.25, -0.2) is 4.98 Å². The first-order chi connectivity index (χ1) is 14.2. The summed E-state index contributed by atoms with van der Waals surface area (Å²) in [5.41, 5.74) is 3.86. The number of morpholine rings is 1. The van der Waals surface area contributed by atoms with Gasteiger partial charge in [0.25, 0.3) is 0 Å². The first-order valence-electron chi connectivity index (χ1n) is 9.24. The normalized spacial score (nSPS) is 14.0. The lowest BCUT2D eigenvalue weighted by Crippen LogP contribution is -2.36. The van der Waals surface area contributed by atoms with Crippen LogP contribution in [0.1, 0.15) is 0 Å². The predicted molar refractivity (Wildman–Crippen MR) is 121 cm³/mol. The van der Waals surface area contributed by atoms with Crippen LogP contribution in [0.4, 0.5) is 11.4 Å². The van der Waals surface area contributed by atoms with Gasteiger partial charge in [0.2, 0.25) is 5.91 Å². The van der Waals surface area contributed by atoms with Gasteiger partial charge in [0.05, 0.1) is 24.7 Å². The van der Waals surface area contributed by atoms with Crippen LogP contribution < -0.4 is 10.2 Å². The average Bonchev–Trinajstić information content (AvgIpc) is 3.23. The second-order valence-corrected chi connectivity index (χ2v) is 9.01. The molecule has 29 heavy (non-hydrogen) atoms. The second kappa shape index (κ2) is 9.63. The fraction of sp³-hybridized carbons (Fsp3) is 0.238. The zero-order chi connectivity index (χ0) is 20.1. The van der Waals surface area contributed by atoms with E-state index in [0.29, 0.717) is 10.8 Å². The van der Waals surface area contributed by atoms with Gasteiger partial charge in [0.1, 0.15) is 0 Å². The molecule has 3 aromatic rings. The zero-order valence-corrected chi connectivity index (χ0v) is 18.0. The number of carbonyl (C=O) groups excluding carboxylic acids is 1. The molecule has 1 saturated heterocycles. The number of hydrogen-bond donors (Lipinski definition) is 1. The van der Waals surface area contributed by atoms with Crippen molar-refractivity contribution in [3.8, 4) is 11.3 Å². The second-order valence-electron chi connectivity index (χ2n) is 6.49. The topological polar surface area (TPSA) is 54.5 Å². The molecule has 0 saturated carbocycles. The van der Waals surface area contributed by atoms with E-state index >= 15 is 0 Å². The molecule has 1 aliphatic rings. The van der Waals surface area contributed by atoms with Crippen LogP contribution >= 0.6 is 34.7 Å². The number of anilines is 2. The molecule has 8 heteroatoms. The summed E-state index contributed by atoms with van der Waals surface area (Å²) in [4.78, 5) is 19.2. The van der Waals surface area contributed by atoms with Crippen LogP contribution in [0.3, 0.4) is 0 Å². The minimum Gasteiger partial charge on any atom is -0.378 e. The number of carbonyl (C=O) groups is 1. The van der Waals surface area contributed by atoms with Gasteiger partial charge in [-0.2, -0.15) is 0 Å². The minimum absolute atomic E-state index is 0.0441. The van der Waals surface area contributed by atoms with Crippen molar-refractivity contribution < 1.29 is 9.53 Å². The van der Waals surface area contributed by atoms with Gasteiger partial charge in [-0.05, 0) is 36.4 Å². The third-order valence-electron chi connectivity index (χ3n) is 4.48. The molecule has 0 atom stereocenters. The van der Waals surface area contributed by atoms with Gasteiger partial charge >= 0.3 is 0 Å². The van der Waals surface area contributed by atoms with Crippen molar-refractivity contribution in [2.75, 3.05) is 42.3 Å². The van der Waals surface area contributed by atoms with Gasteiger partial charge in [0.15, 0.2) is 4.34 Å². The number of hydrogen-bond acceptors (Lipinski definition) is 6. The van der Waals surface area contributed by atoms with Crippen LogP contribution in [-0.2, 0) is 9.53 Å². The molecule has 1 amide bonds. The van der Waals surface area contributed by atoms with Crippen molar-refractivity contribution in [1.82, 2.24) is 4.98 Å². The van der Waals surface area contributed by atoms with Gasteiger partial charge in [-0.1, -0.05) is 35.5 Å². The Balaban J connectivity index is 1.28. The highest BCUT2D eigenvalue weighted by atomic mass is 35.5. The number of ether oxygens (including phenoxy) is 1. The molecule has 2 heterocycles. The lowest BCUT2D eigenvalue weighted by atomic mass is 10.2. The van der Waals surface area contributed by atoms with E-state index in [-0.39, 0.29) is 5.91 Å². The summed E-state index contributed by atoms with van der Waals surface area (Å²) in [6.45, 7) is 3.31. The molecule has 1 N–H and O–H groups in total. The Morgan fingerprint density at radius 2 is 1.86 bits per heavy atom. The first kappa shape index (κ1) is 20.2. The summed E-state index contributed by atoms with van der Waals surface area (Å²) < 4.78 is 6.25. The summed E-state index contributed by atoms with van der Waals surface area (Å²) in [6.07, 6.45) is 0. The lowest BCUT2D eigenvalue weighted by molar-refractivity contribution is -0.113. The number of aromatic nitrogens is 1. The van der Waals surface area contributed by atoms with E-state index in [2.05, 4.69) is 15.2 Å². The number of amides is 1. The summed E-state index contributed by atoms with van der Waals surface area (Å²) in [6, 6.07) is 15.5. The molecule has 1 fully saturated rings. The van der Waals surface area contributed by atoms with E-state index in [0.717, 1.165) is 53.3 Å². The number of benzene rings is 2. The third-order valence-corrected chi connectivity index (χ3v) is 6.75.